The number of aryl methyl sites for hydroxylation is 1. The van der Waals surface area contributed by atoms with Crippen molar-refractivity contribution in [2.45, 2.75) is 19.8 Å². The molecule has 0 saturated carbocycles. The molecule has 1 amide bonds. The number of aromatic hydroxyl groups is 1. The molecule has 150 valence electrons. The van der Waals surface area contributed by atoms with Gasteiger partial charge in [-0.1, -0.05) is 0 Å². The number of aldehydes is 1. The van der Waals surface area contributed by atoms with Gasteiger partial charge in [0, 0.05) is 38.2 Å². The van der Waals surface area contributed by atoms with E-state index in [1.54, 1.807) is 6.92 Å². The molecule has 1 fully saturated rings. The van der Waals surface area contributed by atoms with Gasteiger partial charge < -0.3 is 19.6 Å². The molecule has 8 nitrogen and oxygen atoms in total. The first kappa shape index (κ1) is 20.0. The summed E-state index contributed by atoms with van der Waals surface area (Å²) in [4.78, 5) is 38.3. The van der Waals surface area contributed by atoms with Crippen molar-refractivity contribution in [3.05, 3.63) is 39.2 Å². The maximum Gasteiger partial charge on any atom is 0.220 e. The molecule has 1 aliphatic rings. The maximum absolute atomic E-state index is 12.8. The Morgan fingerprint density at radius 2 is 2.07 bits per heavy atom. The summed E-state index contributed by atoms with van der Waals surface area (Å²) >= 11 is 0. The highest BCUT2D eigenvalue weighted by Crippen LogP contribution is 2.25. The predicted octanol–water partition coefficient (Wildman–Crippen LogP) is 1.00. The number of amides is 1. The third kappa shape index (κ3) is 4.40. The molecular formula is C20H24N2O6. The van der Waals surface area contributed by atoms with Gasteiger partial charge in [-0.2, -0.15) is 0 Å². The molecule has 1 aliphatic heterocycles. The molecule has 0 unspecified atom stereocenters. The third-order valence-electron chi connectivity index (χ3n) is 4.95. The fourth-order valence-electron chi connectivity index (χ4n) is 3.32. The lowest BCUT2D eigenvalue weighted by atomic mass is 10.0. The average molecular weight is 388 g/mol. The standard InChI is InChI=1S/C20H24N2O6/c1-13-14(3-5-18(25)21-6-7-22-8-10-27-11-9-22)19(26)15-2-4-17(24)16(12-23)20(15)28-13/h2,4,12,24H,3,5-11H2,1H3,(H,21,25). The van der Waals surface area contributed by atoms with Crippen molar-refractivity contribution >= 4 is 23.2 Å². The van der Waals surface area contributed by atoms with E-state index >= 15 is 0 Å². The van der Waals surface area contributed by atoms with Gasteiger partial charge >= 0.3 is 0 Å². The number of fused-ring (bicyclic) bond motifs is 1. The number of phenolic OH excluding ortho intramolecular Hbond substituents is 1. The van der Waals surface area contributed by atoms with Crippen molar-refractivity contribution in [3.63, 3.8) is 0 Å². The van der Waals surface area contributed by atoms with Gasteiger partial charge in [0.25, 0.3) is 0 Å². The number of carbonyl (C=O) groups excluding carboxylic acids is 2. The second kappa shape index (κ2) is 8.99. The minimum absolute atomic E-state index is 0.0508. The largest absolute Gasteiger partial charge is 0.507 e. The third-order valence-corrected chi connectivity index (χ3v) is 4.95. The Hall–Kier alpha value is -2.71. The molecule has 0 atom stereocenters. The number of nitrogens with one attached hydrogen (secondary N) is 1. The summed E-state index contributed by atoms with van der Waals surface area (Å²) < 4.78 is 10.9. The summed E-state index contributed by atoms with van der Waals surface area (Å²) in [6, 6.07) is 2.72. The highest BCUT2D eigenvalue weighted by Gasteiger charge is 2.17. The summed E-state index contributed by atoms with van der Waals surface area (Å²) in [6.07, 6.45) is 0.866. The van der Waals surface area contributed by atoms with Crippen molar-refractivity contribution in [2.75, 3.05) is 39.4 Å². The normalized spacial score (nSPS) is 14.9. The predicted molar refractivity (Wildman–Crippen MR) is 103 cm³/mol. The number of rotatable bonds is 7. The molecule has 3 rings (SSSR count). The van der Waals surface area contributed by atoms with Crippen molar-refractivity contribution in [1.82, 2.24) is 10.2 Å². The first-order chi connectivity index (χ1) is 13.5. The number of nitrogens with zero attached hydrogens (tertiary/aromatic N) is 1. The fourth-order valence-corrected chi connectivity index (χ4v) is 3.32. The van der Waals surface area contributed by atoms with Gasteiger partial charge in [-0.05, 0) is 25.5 Å². The van der Waals surface area contributed by atoms with E-state index in [0.29, 0.717) is 37.4 Å². The molecule has 2 heterocycles. The van der Waals surface area contributed by atoms with Crippen LogP contribution in [0.3, 0.4) is 0 Å². The second-order valence-corrected chi connectivity index (χ2v) is 6.76. The first-order valence-electron chi connectivity index (χ1n) is 9.31. The van der Waals surface area contributed by atoms with Crippen LogP contribution >= 0.6 is 0 Å². The maximum atomic E-state index is 12.8. The summed E-state index contributed by atoms with van der Waals surface area (Å²) in [5.74, 6) is -0.0313. The van der Waals surface area contributed by atoms with E-state index in [4.69, 9.17) is 9.15 Å². The van der Waals surface area contributed by atoms with E-state index in [1.807, 2.05) is 0 Å². The number of hydrogen-bond acceptors (Lipinski definition) is 7. The van der Waals surface area contributed by atoms with Crippen molar-refractivity contribution in [3.8, 4) is 5.75 Å². The Balaban J connectivity index is 1.64. The van der Waals surface area contributed by atoms with Gasteiger partial charge in [0.05, 0.1) is 24.2 Å². The monoisotopic (exact) mass is 388 g/mol. The van der Waals surface area contributed by atoms with Crippen molar-refractivity contribution < 1.29 is 23.8 Å². The van der Waals surface area contributed by atoms with Crippen molar-refractivity contribution in [2.24, 2.45) is 0 Å². The first-order valence-corrected chi connectivity index (χ1v) is 9.31. The van der Waals surface area contributed by atoms with Crippen molar-refractivity contribution in [1.29, 1.82) is 0 Å². The van der Waals surface area contributed by atoms with Gasteiger partial charge in [-0.3, -0.25) is 19.3 Å². The number of hydrogen-bond donors (Lipinski definition) is 2. The van der Waals surface area contributed by atoms with Gasteiger partial charge in [0.15, 0.2) is 17.3 Å². The zero-order valence-corrected chi connectivity index (χ0v) is 15.8. The molecule has 1 aromatic carbocycles. The van der Waals surface area contributed by atoms with Crippen LogP contribution in [-0.4, -0.2) is 61.6 Å². The lowest BCUT2D eigenvalue weighted by Crippen LogP contribution is -2.41. The zero-order chi connectivity index (χ0) is 20.1. The quantitative estimate of drug-likeness (QED) is 0.681. The van der Waals surface area contributed by atoms with Crippen LogP contribution in [0.1, 0.15) is 28.1 Å². The molecule has 1 saturated heterocycles. The van der Waals surface area contributed by atoms with E-state index < -0.39 is 0 Å². The molecule has 0 radical (unpaired) electrons. The highest BCUT2D eigenvalue weighted by molar-refractivity contribution is 5.97. The Labute approximate surface area is 162 Å². The van der Waals surface area contributed by atoms with Gasteiger partial charge in [-0.25, -0.2) is 0 Å². The smallest absolute Gasteiger partial charge is 0.220 e. The van der Waals surface area contributed by atoms with E-state index in [1.165, 1.54) is 12.1 Å². The fraction of sp³-hybridized carbons (Fsp3) is 0.450. The molecule has 28 heavy (non-hydrogen) atoms. The highest BCUT2D eigenvalue weighted by atomic mass is 16.5. The van der Waals surface area contributed by atoms with Gasteiger partial charge in [0.1, 0.15) is 11.5 Å². The van der Waals surface area contributed by atoms with E-state index in [2.05, 4.69) is 10.2 Å². The SMILES string of the molecule is Cc1oc2c(C=O)c(O)ccc2c(=O)c1CCC(=O)NCCN1CCOCC1. The van der Waals surface area contributed by atoms with E-state index in [-0.39, 0.29) is 46.5 Å². The number of morpholine rings is 1. The Morgan fingerprint density at radius 3 is 2.79 bits per heavy atom. The molecule has 2 aromatic rings. The second-order valence-electron chi connectivity index (χ2n) is 6.76. The minimum Gasteiger partial charge on any atom is -0.507 e. The zero-order valence-electron chi connectivity index (χ0n) is 15.8. The van der Waals surface area contributed by atoms with Crippen LogP contribution in [0.25, 0.3) is 11.0 Å². The summed E-state index contributed by atoms with van der Waals surface area (Å²) in [5, 5.41) is 12.8. The van der Waals surface area contributed by atoms with E-state index in [9.17, 15) is 19.5 Å². The summed E-state index contributed by atoms with van der Waals surface area (Å²) in [7, 11) is 0. The van der Waals surface area contributed by atoms with Crippen LogP contribution < -0.4 is 10.7 Å². The Kier molecular flexibility index (Phi) is 6.43. The molecule has 8 heteroatoms. The van der Waals surface area contributed by atoms with Crippen LogP contribution in [0, 0.1) is 6.92 Å². The summed E-state index contributed by atoms with van der Waals surface area (Å²) in [6.45, 7) is 6.10. The molecule has 0 bridgehead atoms. The number of phenols is 1. The summed E-state index contributed by atoms with van der Waals surface area (Å²) in [5.41, 5.74) is 0.127. The topological polar surface area (TPSA) is 109 Å². The number of benzene rings is 1. The Morgan fingerprint density at radius 1 is 1.32 bits per heavy atom. The molecule has 2 N–H and O–H groups in total. The molecule has 1 aromatic heterocycles. The Bertz CT molecular complexity index is 930. The van der Waals surface area contributed by atoms with Crippen LogP contribution in [0.4, 0.5) is 0 Å². The van der Waals surface area contributed by atoms with Gasteiger partial charge in [-0.15, -0.1) is 0 Å². The van der Waals surface area contributed by atoms with E-state index in [0.717, 1.165) is 19.6 Å². The van der Waals surface area contributed by atoms with Crippen LogP contribution in [0.15, 0.2) is 21.3 Å². The number of carbonyl (C=O) groups is 2. The average Bonchev–Trinajstić information content (AvgIpc) is 2.68. The molecule has 0 aliphatic carbocycles. The van der Waals surface area contributed by atoms with Crippen LogP contribution in [0.5, 0.6) is 5.75 Å². The van der Waals surface area contributed by atoms with Gasteiger partial charge in [0.2, 0.25) is 5.91 Å². The lowest BCUT2D eigenvalue weighted by Gasteiger charge is -2.26. The molecule has 0 spiro atoms. The van der Waals surface area contributed by atoms with Crippen LogP contribution in [0.2, 0.25) is 0 Å². The van der Waals surface area contributed by atoms with Crippen LogP contribution in [-0.2, 0) is 16.0 Å². The lowest BCUT2D eigenvalue weighted by molar-refractivity contribution is -0.121. The number of ether oxygens (including phenoxy) is 1. The minimum atomic E-state index is -0.289. The molecular weight excluding hydrogens is 364 g/mol.